The first-order valence-electron chi connectivity index (χ1n) is 12.0. The molecule has 0 atom stereocenters. The van der Waals surface area contributed by atoms with Gasteiger partial charge in [0.15, 0.2) is 0 Å². The molecule has 1 aliphatic heterocycles. The second kappa shape index (κ2) is 11.6. The zero-order valence-electron chi connectivity index (χ0n) is 20.3. The number of hydrogen-bond donors (Lipinski definition) is 0. The van der Waals surface area contributed by atoms with Crippen molar-refractivity contribution in [2.75, 3.05) is 42.6 Å². The van der Waals surface area contributed by atoms with Crippen molar-refractivity contribution in [1.29, 1.82) is 0 Å². The van der Waals surface area contributed by atoms with Crippen LogP contribution in [0.15, 0.2) is 60.8 Å². The summed E-state index contributed by atoms with van der Waals surface area (Å²) in [6.45, 7) is 8.85. The van der Waals surface area contributed by atoms with Gasteiger partial charge in [-0.1, -0.05) is 38.1 Å². The standard InChI is InChI=1S/C27H32FN5O2/c1-21(2)19-35-25-9-5-23(6-10-25)18-33(17-22-3-7-24(28)8-4-22)27-29-12-11-26(30-27)32-15-13-31(20-34)14-16-32/h3-12,20-21H,13-19H2,1-2H3. The molecule has 184 valence electrons. The van der Waals surface area contributed by atoms with Gasteiger partial charge in [0.1, 0.15) is 17.4 Å². The van der Waals surface area contributed by atoms with Crippen LogP contribution in [-0.4, -0.2) is 54.1 Å². The van der Waals surface area contributed by atoms with Gasteiger partial charge in [-0.2, -0.15) is 4.98 Å². The first-order chi connectivity index (χ1) is 17.0. The molecule has 0 aliphatic carbocycles. The molecule has 0 bridgehead atoms. The highest BCUT2D eigenvalue weighted by atomic mass is 19.1. The summed E-state index contributed by atoms with van der Waals surface area (Å²) >= 11 is 0. The van der Waals surface area contributed by atoms with Gasteiger partial charge >= 0.3 is 0 Å². The number of hydrogen-bond acceptors (Lipinski definition) is 6. The molecule has 2 heterocycles. The highest BCUT2D eigenvalue weighted by Gasteiger charge is 2.19. The second-order valence-electron chi connectivity index (χ2n) is 9.17. The van der Waals surface area contributed by atoms with Crippen LogP contribution in [0.5, 0.6) is 5.75 Å². The van der Waals surface area contributed by atoms with E-state index in [1.165, 1.54) is 12.1 Å². The Kier molecular flexibility index (Phi) is 8.13. The first-order valence-corrected chi connectivity index (χ1v) is 12.0. The lowest BCUT2D eigenvalue weighted by Crippen LogP contribution is -2.46. The Morgan fingerprint density at radius 3 is 2.20 bits per heavy atom. The molecule has 1 saturated heterocycles. The maximum atomic E-state index is 13.5. The van der Waals surface area contributed by atoms with E-state index in [-0.39, 0.29) is 5.82 Å². The Bertz CT molecular complexity index is 1080. The number of amides is 1. The lowest BCUT2D eigenvalue weighted by atomic mass is 10.1. The average Bonchev–Trinajstić information content (AvgIpc) is 2.89. The summed E-state index contributed by atoms with van der Waals surface area (Å²) < 4.78 is 19.3. The van der Waals surface area contributed by atoms with Crippen LogP contribution in [0.25, 0.3) is 0 Å². The summed E-state index contributed by atoms with van der Waals surface area (Å²) in [5.74, 6) is 2.49. The third-order valence-electron chi connectivity index (χ3n) is 5.87. The van der Waals surface area contributed by atoms with Crippen molar-refractivity contribution in [2.45, 2.75) is 26.9 Å². The minimum absolute atomic E-state index is 0.259. The topological polar surface area (TPSA) is 61.8 Å². The Morgan fingerprint density at radius 1 is 0.971 bits per heavy atom. The van der Waals surface area contributed by atoms with Crippen LogP contribution in [0.1, 0.15) is 25.0 Å². The van der Waals surface area contributed by atoms with Crippen LogP contribution in [0.2, 0.25) is 0 Å². The van der Waals surface area contributed by atoms with Crippen molar-refractivity contribution in [2.24, 2.45) is 5.92 Å². The minimum Gasteiger partial charge on any atom is -0.493 e. The number of piperazine rings is 1. The maximum absolute atomic E-state index is 13.5. The lowest BCUT2D eigenvalue weighted by Gasteiger charge is -2.33. The van der Waals surface area contributed by atoms with Gasteiger partial charge in [-0.25, -0.2) is 9.37 Å². The largest absolute Gasteiger partial charge is 0.493 e. The number of nitrogens with zero attached hydrogens (tertiary/aromatic N) is 5. The molecule has 2 aromatic carbocycles. The second-order valence-corrected chi connectivity index (χ2v) is 9.17. The van der Waals surface area contributed by atoms with Gasteiger partial charge < -0.3 is 19.4 Å². The Morgan fingerprint density at radius 2 is 1.60 bits per heavy atom. The number of anilines is 2. The fourth-order valence-corrected chi connectivity index (χ4v) is 3.91. The molecule has 1 aliphatic rings. The molecule has 1 fully saturated rings. The molecule has 1 amide bonds. The minimum atomic E-state index is -0.259. The molecule has 3 aromatic rings. The lowest BCUT2D eigenvalue weighted by molar-refractivity contribution is -0.118. The fraction of sp³-hybridized carbons (Fsp3) is 0.370. The van der Waals surface area contributed by atoms with E-state index in [1.807, 2.05) is 18.2 Å². The molecular formula is C27H32FN5O2. The molecular weight excluding hydrogens is 445 g/mol. The Labute approximate surface area is 206 Å². The Balaban J connectivity index is 1.54. The molecule has 0 unspecified atom stereocenters. The third-order valence-corrected chi connectivity index (χ3v) is 5.87. The number of carbonyl (C=O) groups is 1. The monoisotopic (exact) mass is 477 g/mol. The highest BCUT2D eigenvalue weighted by molar-refractivity contribution is 5.50. The van der Waals surface area contributed by atoms with Gasteiger partial charge in [-0.3, -0.25) is 4.79 Å². The van der Waals surface area contributed by atoms with Crippen LogP contribution in [0, 0.1) is 11.7 Å². The predicted octanol–water partition coefficient (Wildman–Crippen LogP) is 4.14. The van der Waals surface area contributed by atoms with Gasteiger partial charge in [-0.15, -0.1) is 0 Å². The molecule has 0 N–H and O–H groups in total. The number of ether oxygens (including phenoxy) is 1. The molecule has 35 heavy (non-hydrogen) atoms. The molecule has 7 nitrogen and oxygen atoms in total. The predicted molar refractivity (Wildman–Crippen MR) is 135 cm³/mol. The Hall–Kier alpha value is -3.68. The summed E-state index contributed by atoms with van der Waals surface area (Å²) in [6.07, 6.45) is 2.66. The van der Waals surface area contributed by atoms with E-state index in [9.17, 15) is 9.18 Å². The van der Waals surface area contributed by atoms with Gasteiger partial charge in [0.05, 0.1) is 6.61 Å². The van der Waals surface area contributed by atoms with Crippen molar-refractivity contribution < 1.29 is 13.9 Å². The van der Waals surface area contributed by atoms with E-state index in [4.69, 9.17) is 9.72 Å². The normalized spacial score (nSPS) is 13.7. The van der Waals surface area contributed by atoms with E-state index >= 15 is 0 Å². The number of aromatic nitrogens is 2. The van der Waals surface area contributed by atoms with Gasteiger partial charge in [-0.05, 0) is 47.4 Å². The average molecular weight is 478 g/mol. The van der Waals surface area contributed by atoms with E-state index in [2.05, 4.69) is 40.8 Å². The molecule has 4 rings (SSSR count). The van der Waals surface area contributed by atoms with Crippen molar-refractivity contribution >= 4 is 18.2 Å². The summed E-state index contributed by atoms with van der Waals surface area (Å²) in [5.41, 5.74) is 2.06. The van der Waals surface area contributed by atoms with Crippen LogP contribution in [0.4, 0.5) is 16.2 Å². The third kappa shape index (κ3) is 6.91. The molecule has 8 heteroatoms. The van der Waals surface area contributed by atoms with Crippen LogP contribution in [0.3, 0.4) is 0 Å². The number of halogens is 1. The van der Waals surface area contributed by atoms with Gasteiger partial charge in [0, 0.05) is 45.5 Å². The van der Waals surface area contributed by atoms with E-state index in [0.29, 0.717) is 44.7 Å². The molecule has 0 spiro atoms. The van der Waals surface area contributed by atoms with Crippen molar-refractivity contribution in [3.63, 3.8) is 0 Å². The molecule has 1 aromatic heterocycles. The quantitative estimate of drug-likeness (QED) is 0.409. The zero-order valence-corrected chi connectivity index (χ0v) is 20.3. The highest BCUT2D eigenvalue weighted by Crippen LogP contribution is 2.22. The van der Waals surface area contributed by atoms with Gasteiger partial charge in [0.2, 0.25) is 12.4 Å². The van der Waals surface area contributed by atoms with Crippen molar-refractivity contribution in [1.82, 2.24) is 14.9 Å². The maximum Gasteiger partial charge on any atom is 0.227 e. The summed E-state index contributed by atoms with van der Waals surface area (Å²) in [5, 5.41) is 0. The van der Waals surface area contributed by atoms with Crippen LogP contribution >= 0.6 is 0 Å². The number of carbonyl (C=O) groups excluding carboxylic acids is 1. The fourth-order valence-electron chi connectivity index (χ4n) is 3.91. The van der Waals surface area contributed by atoms with E-state index in [0.717, 1.165) is 42.2 Å². The number of benzene rings is 2. The van der Waals surface area contributed by atoms with Crippen molar-refractivity contribution in [3.8, 4) is 5.75 Å². The van der Waals surface area contributed by atoms with E-state index in [1.54, 1.807) is 23.2 Å². The summed E-state index contributed by atoms with van der Waals surface area (Å²) in [6, 6.07) is 16.5. The number of rotatable bonds is 10. The van der Waals surface area contributed by atoms with Crippen molar-refractivity contribution in [3.05, 3.63) is 77.7 Å². The SMILES string of the molecule is CC(C)COc1ccc(CN(Cc2ccc(F)cc2)c2nccc(N3CCN(C=O)CC3)n2)cc1. The summed E-state index contributed by atoms with van der Waals surface area (Å²) in [4.78, 5) is 26.5. The van der Waals surface area contributed by atoms with Gasteiger partial charge in [0.25, 0.3) is 0 Å². The van der Waals surface area contributed by atoms with Crippen LogP contribution < -0.4 is 14.5 Å². The molecule has 0 radical (unpaired) electrons. The smallest absolute Gasteiger partial charge is 0.227 e. The first kappa shape index (κ1) is 24.4. The zero-order chi connectivity index (χ0) is 24.6. The van der Waals surface area contributed by atoms with E-state index < -0.39 is 0 Å². The summed E-state index contributed by atoms with van der Waals surface area (Å²) in [7, 11) is 0. The van der Waals surface area contributed by atoms with Crippen LogP contribution in [-0.2, 0) is 17.9 Å². The molecule has 0 saturated carbocycles.